The van der Waals surface area contributed by atoms with Gasteiger partial charge in [-0.1, -0.05) is 12.1 Å². The predicted octanol–water partition coefficient (Wildman–Crippen LogP) is 2.68. The largest absolute Gasteiger partial charge is 0.416 e. The topological polar surface area (TPSA) is 43.8 Å². The lowest BCUT2D eigenvalue weighted by molar-refractivity contribution is -0.137. The number of benzene rings is 1. The Kier molecular flexibility index (Phi) is 5.55. The molecule has 7 heteroatoms. The fourth-order valence-corrected chi connectivity index (χ4v) is 2.81. The maximum Gasteiger partial charge on any atom is 0.416 e. The third kappa shape index (κ3) is 4.27. The number of likely N-dealkylation sites (N-methyl/N-ethyl adjacent to an activating group) is 1. The van der Waals surface area contributed by atoms with Gasteiger partial charge in [0, 0.05) is 12.6 Å². The molecule has 1 N–H and O–H groups in total. The van der Waals surface area contributed by atoms with Gasteiger partial charge < -0.3 is 10.0 Å². The molecule has 1 amide bonds. The van der Waals surface area contributed by atoms with E-state index in [-0.39, 0.29) is 31.5 Å². The van der Waals surface area contributed by atoms with Crippen LogP contribution in [0.2, 0.25) is 0 Å². The van der Waals surface area contributed by atoms with Gasteiger partial charge in [-0.3, -0.25) is 9.69 Å². The standard InChI is InChI=1S/C17H23F3N2O2/c1-11(2)21(3)10-16(24)22-9-14(23)8-15(22)12-5-4-6-13(7-12)17(18,19)20/h4-7,11,14-15,23H,8-10H2,1-3H3/t14-,15+/m0/s1. The summed E-state index contributed by atoms with van der Waals surface area (Å²) in [4.78, 5) is 15.9. The Hall–Kier alpha value is -1.60. The zero-order chi connectivity index (χ0) is 18.1. The van der Waals surface area contributed by atoms with E-state index in [9.17, 15) is 23.1 Å². The van der Waals surface area contributed by atoms with Crippen molar-refractivity contribution in [2.75, 3.05) is 20.1 Å². The van der Waals surface area contributed by atoms with Gasteiger partial charge >= 0.3 is 6.18 Å². The van der Waals surface area contributed by atoms with Crippen LogP contribution in [0.1, 0.15) is 37.4 Å². The van der Waals surface area contributed by atoms with Gasteiger partial charge in [0.2, 0.25) is 5.91 Å². The van der Waals surface area contributed by atoms with Crippen molar-refractivity contribution in [2.45, 2.75) is 44.6 Å². The Labute approximate surface area is 139 Å². The number of carbonyl (C=O) groups is 1. The summed E-state index contributed by atoms with van der Waals surface area (Å²) in [6, 6.07) is 4.63. The number of alkyl halides is 3. The minimum Gasteiger partial charge on any atom is -0.391 e. The van der Waals surface area contributed by atoms with Crippen LogP contribution in [0.15, 0.2) is 24.3 Å². The van der Waals surface area contributed by atoms with E-state index in [0.717, 1.165) is 12.1 Å². The number of rotatable bonds is 4. The molecule has 0 aliphatic carbocycles. The summed E-state index contributed by atoms with van der Waals surface area (Å²) in [6.45, 7) is 4.22. The first-order valence-corrected chi connectivity index (χ1v) is 7.94. The molecule has 1 heterocycles. The number of carbonyl (C=O) groups excluding carboxylic acids is 1. The molecule has 2 atom stereocenters. The number of hydrogen-bond donors (Lipinski definition) is 1. The number of hydrogen-bond acceptors (Lipinski definition) is 3. The number of likely N-dealkylation sites (tertiary alicyclic amines) is 1. The Morgan fingerprint density at radius 2 is 2.08 bits per heavy atom. The van der Waals surface area contributed by atoms with Crippen molar-refractivity contribution in [1.29, 1.82) is 0 Å². The van der Waals surface area contributed by atoms with Crippen molar-refractivity contribution < 1.29 is 23.1 Å². The summed E-state index contributed by atoms with van der Waals surface area (Å²) < 4.78 is 38.7. The van der Waals surface area contributed by atoms with Crippen LogP contribution in [0.4, 0.5) is 13.2 Å². The summed E-state index contributed by atoms with van der Waals surface area (Å²) in [5, 5.41) is 9.92. The van der Waals surface area contributed by atoms with Gasteiger partial charge in [-0.25, -0.2) is 0 Å². The smallest absolute Gasteiger partial charge is 0.391 e. The second-order valence-corrected chi connectivity index (χ2v) is 6.58. The minimum absolute atomic E-state index is 0.145. The Morgan fingerprint density at radius 1 is 1.42 bits per heavy atom. The summed E-state index contributed by atoms with van der Waals surface area (Å²) in [5.74, 6) is -0.190. The van der Waals surface area contributed by atoms with Gasteiger partial charge in [-0.05, 0) is 45.0 Å². The molecule has 4 nitrogen and oxygen atoms in total. The van der Waals surface area contributed by atoms with Crippen LogP contribution >= 0.6 is 0 Å². The minimum atomic E-state index is -4.43. The van der Waals surface area contributed by atoms with Crippen molar-refractivity contribution in [3.8, 4) is 0 Å². The molecule has 134 valence electrons. The average Bonchev–Trinajstić information content (AvgIpc) is 2.88. The third-order valence-electron chi connectivity index (χ3n) is 4.46. The van der Waals surface area contributed by atoms with Crippen LogP contribution in [0.25, 0.3) is 0 Å². The summed E-state index contributed by atoms with van der Waals surface area (Å²) in [7, 11) is 1.81. The molecule has 1 aromatic rings. The fourth-order valence-electron chi connectivity index (χ4n) is 2.81. The second-order valence-electron chi connectivity index (χ2n) is 6.58. The molecular weight excluding hydrogens is 321 g/mol. The van der Waals surface area contributed by atoms with E-state index in [1.165, 1.54) is 11.0 Å². The molecule has 1 aromatic carbocycles. The highest BCUT2D eigenvalue weighted by atomic mass is 19.4. The molecule has 1 saturated heterocycles. The van der Waals surface area contributed by atoms with Gasteiger partial charge in [0.25, 0.3) is 0 Å². The van der Waals surface area contributed by atoms with Crippen LogP contribution in [-0.2, 0) is 11.0 Å². The molecule has 0 unspecified atom stereocenters. The highest BCUT2D eigenvalue weighted by Crippen LogP contribution is 2.36. The van der Waals surface area contributed by atoms with E-state index in [0.29, 0.717) is 5.56 Å². The van der Waals surface area contributed by atoms with Crippen LogP contribution < -0.4 is 0 Å². The third-order valence-corrected chi connectivity index (χ3v) is 4.46. The van der Waals surface area contributed by atoms with Gasteiger partial charge in [0.15, 0.2) is 0 Å². The molecule has 0 spiro atoms. The van der Waals surface area contributed by atoms with Crippen molar-refractivity contribution in [3.05, 3.63) is 35.4 Å². The predicted molar refractivity (Wildman–Crippen MR) is 84.3 cm³/mol. The average molecular weight is 344 g/mol. The summed E-state index contributed by atoms with van der Waals surface area (Å²) in [6.07, 6.45) is -4.91. The second kappa shape index (κ2) is 7.11. The normalized spacial score (nSPS) is 21.8. The van der Waals surface area contributed by atoms with Gasteiger partial charge in [0.1, 0.15) is 0 Å². The zero-order valence-corrected chi connectivity index (χ0v) is 14.0. The molecular formula is C17H23F3N2O2. The molecule has 0 aromatic heterocycles. The van der Waals surface area contributed by atoms with E-state index in [1.807, 2.05) is 25.8 Å². The number of nitrogens with zero attached hydrogens (tertiary/aromatic N) is 2. The van der Waals surface area contributed by atoms with Crippen LogP contribution in [0, 0.1) is 0 Å². The van der Waals surface area contributed by atoms with Crippen molar-refractivity contribution in [1.82, 2.24) is 9.80 Å². The van der Waals surface area contributed by atoms with Crippen LogP contribution in [0.5, 0.6) is 0 Å². The Morgan fingerprint density at radius 3 is 2.67 bits per heavy atom. The lowest BCUT2D eigenvalue weighted by Gasteiger charge is -2.28. The lowest BCUT2D eigenvalue weighted by atomic mass is 10.0. The number of aliphatic hydroxyl groups is 1. The molecule has 24 heavy (non-hydrogen) atoms. The SMILES string of the molecule is CC(C)N(C)CC(=O)N1C[C@@H](O)C[C@@H]1c1cccc(C(F)(F)F)c1. The zero-order valence-electron chi connectivity index (χ0n) is 14.0. The first-order valence-electron chi connectivity index (χ1n) is 7.94. The number of aliphatic hydroxyl groups excluding tert-OH is 1. The lowest BCUT2D eigenvalue weighted by Crippen LogP contribution is -2.41. The molecule has 2 rings (SSSR count). The quantitative estimate of drug-likeness (QED) is 0.913. The maximum atomic E-state index is 12.9. The fraction of sp³-hybridized carbons (Fsp3) is 0.588. The highest BCUT2D eigenvalue weighted by Gasteiger charge is 2.37. The molecule has 1 aliphatic heterocycles. The van der Waals surface area contributed by atoms with E-state index in [1.54, 1.807) is 6.07 Å². The Balaban J connectivity index is 2.23. The number of halogens is 3. The molecule has 0 radical (unpaired) electrons. The van der Waals surface area contributed by atoms with E-state index < -0.39 is 23.9 Å². The molecule has 0 bridgehead atoms. The van der Waals surface area contributed by atoms with E-state index in [4.69, 9.17) is 0 Å². The number of amides is 1. The van der Waals surface area contributed by atoms with Gasteiger partial charge in [-0.15, -0.1) is 0 Å². The summed E-state index contributed by atoms with van der Waals surface area (Å²) >= 11 is 0. The molecule has 1 aliphatic rings. The van der Waals surface area contributed by atoms with Crippen molar-refractivity contribution in [3.63, 3.8) is 0 Å². The van der Waals surface area contributed by atoms with Crippen LogP contribution in [-0.4, -0.2) is 53.1 Å². The van der Waals surface area contributed by atoms with E-state index >= 15 is 0 Å². The Bertz CT molecular complexity index is 589. The summed E-state index contributed by atoms with van der Waals surface area (Å²) in [5.41, 5.74) is -0.338. The monoisotopic (exact) mass is 344 g/mol. The first-order chi connectivity index (χ1) is 11.1. The molecule has 1 fully saturated rings. The van der Waals surface area contributed by atoms with Gasteiger partial charge in [-0.2, -0.15) is 13.2 Å². The molecule has 0 saturated carbocycles. The van der Waals surface area contributed by atoms with Gasteiger partial charge in [0.05, 0.1) is 24.3 Å². The maximum absolute atomic E-state index is 12.9. The highest BCUT2D eigenvalue weighted by molar-refractivity contribution is 5.79. The van der Waals surface area contributed by atoms with E-state index in [2.05, 4.69) is 0 Å². The van der Waals surface area contributed by atoms with Crippen LogP contribution in [0.3, 0.4) is 0 Å². The van der Waals surface area contributed by atoms with Crippen molar-refractivity contribution in [2.24, 2.45) is 0 Å². The first kappa shape index (κ1) is 18.7. The van der Waals surface area contributed by atoms with Crippen molar-refractivity contribution >= 4 is 5.91 Å². The number of β-amino-alcohol motifs (C(OH)–C–C–N with tert-alkyl or cyclic N) is 1.